The monoisotopic (exact) mass is 256 g/mol. The molecule has 0 aliphatic carbocycles. The highest BCUT2D eigenvalue weighted by Gasteiger charge is 2.29. The SMILES string of the molecule is CC1CCN(CC(=O)N2CC[C@H](O)[C@@H](O)C2)CC1. The molecule has 0 aromatic heterocycles. The highest BCUT2D eigenvalue weighted by molar-refractivity contribution is 5.78. The van der Waals surface area contributed by atoms with Crippen LogP contribution in [0.4, 0.5) is 0 Å². The lowest BCUT2D eigenvalue weighted by molar-refractivity contribution is -0.139. The summed E-state index contributed by atoms with van der Waals surface area (Å²) in [4.78, 5) is 16.0. The van der Waals surface area contributed by atoms with Crippen LogP contribution in [-0.2, 0) is 4.79 Å². The number of aliphatic hydroxyl groups is 2. The maximum Gasteiger partial charge on any atom is 0.236 e. The normalized spacial score (nSPS) is 31.6. The fraction of sp³-hybridized carbons (Fsp3) is 0.923. The standard InChI is InChI=1S/C13H24N2O3/c1-10-2-5-14(6-3-10)9-13(18)15-7-4-11(16)12(17)8-15/h10-12,16-17H,2-9H2,1H3/t11-,12-/m0/s1. The van der Waals surface area contributed by atoms with Crippen molar-refractivity contribution in [2.75, 3.05) is 32.7 Å². The van der Waals surface area contributed by atoms with Gasteiger partial charge in [-0.2, -0.15) is 0 Å². The van der Waals surface area contributed by atoms with Gasteiger partial charge >= 0.3 is 0 Å². The number of amides is 1. The van der Waals surface area contributed by atoms with Gasteiger partial charge in [-0.25, -0.2) is 0 Å². The molecule has 0 saturated carbocycles. The Kier molecular flexibility index (Phi) is 4.59. The van der Waals surface area contributed by atoms with E-state index in [-0.39, 0.29) is 12.5 Å². The zero-order valence-corrected chi connectivity index (χ0v) is 11.1. The van der Waals surface area contributed by atoms with Crippen molar-refractivity contribution in [3.05, 3.63) is 0 Å². The Morgan fingerprint density at radius 2 is 1.78 bits per heavy atom. The quantitative estimate of drug-likeness (QED) is 0.710. The maximum atomic E-state index is 12.1. The predicted octanol–water partition coefficient (Wildman–Crippen LogP) is -0.328. The van der Waals surface area contributed by atoms with E-state index in [9.17, 15) is 15.0 Å². The molecule has 0 aromatic rings. The van der Waals surface area contributed by atoms with Crippen molar-refractivity contribution in [2.24, 2.45) is 5.92 Å². The second kappa shape index (κ2) is 5.99. The summed E-state index contributed by atoms with van der Waals surface area (Å²) < 4.78 is 0. The molecular weight excluding hydrogens is 232 g/mol. The van der Waals surface area contributed by atoms with E-state index in [1.54, 1.807) is 4.90 Å². The van der Waals surface area contributed by atoms with Gasteiger partial charge in [0.2, 0.25) is 5.91 Å². The molecule has 0 spiro atoms. The predicted molar refractivity (Wildman–Crippen MR) is 68.0 cm³/mol. The van der Waals surface area contributed by atoms with Crippen molar-refractivity contribution >= 4 is 5.91 Å². The van der Waals surface area contributed by atoms with Gasteiger partial charge < -0.3 is 15.1 Å². The first-order valence-electron chi connectivity index (χ1n) is 6.92. The third-order valence-corrected chi connectivity index (χ3v) is 4.13. The summed E-state index contributed by atoms with van der Waals surface area (Å²) >= 11 is 0. The van der Waals surface area contributed by atoms with E-state index in [4.69, 9.17) is 0 Å². The van der Waals surface area contributed by atoms with Gasteiger partial charge in [-0.1, -0.05) is 6.92 Å². The number of nitrogens with zero attached hydrogens (tertiary/aromatic N) is 2. The second-order valence-corrected chi connectivity index (χ2v) is 5.72. The first kappa shape index (κ1) is 13.8. The van der Waals surface area contributed by atoms with Crippen molar-refractivity contribution in [3.63, 3.8) is 0 Å². The first-order valence-corrected chi connectivity index (χ1v) is 6.92. The van der Waals surface area contributed by atoms with Crippen LogP contribution in [0.5, 0.6) is 0 Å². The number of piperidine rings is 2. The van der Waals surface area contributed by atoms with Gasteiger partial charge in [-0.15, -0.1) is 0 Å². The average Bonchev–Trinajstić information content (AvgIpc) is 2.35. The Morgan fingerprint density at radius 3 is 2.39 bits per heavy atom. The van der Waals surface area contributed by atoms with E-state index >= 15 is 0 Å². The number of hydrogen-bond donors (Lipinski definition) is 2. The number of carbonyl (C=O) groups excluding carboxylic acids is 1. The lowest BCUT2D eigenvalue weighted by atomic mass is 9.99. The summed E-state index contributed by atoms with van der Waals surface area (Å²) in [7, 11) is 0. The minimum atomic E-state index is -0.788. The van der Waals surface area contributed by atoms with E-state index < -0.39 is 12.2 Å². The van der Waals surface area contributed by atoms with Gasteiger partial charge in [0, 0.05) is 13.1 Å². The summed E-state index contributed by atoms with van der Waals surface area (Å²) in [5, 5.41) is 19.0. The van der Waals surface area contributed by atoms with Crippen molar-refractivity contribution in [2.45, 2.75) is 38.4 Å². The van der Waals surface area contributed by atoms with Crippen molar-refractivity contribution in [1.82, 2.24) is 9.80 Å². The molecule has 18 heavy (non-hydrogen) atoms. The summed E-state index contributed by atoms with van der Waals surface area (Å²) in [5.74, 6) is 0.846. The Morgan fingerprint density at radius 1 is 1.11 bits per heavy atom. The van der Waals surface area contributed by atoms with Crippen LogP contribution >= 0.6 is 0 Å². The molecule has 2 N–H and O–H groups in total. The molecule has 0 bridgehead atoms. The average molecular weight is 256 g/mol. The van der Waals surface area contributed by atoms with Crippen LogP contribution in [0.2, 0.25) is 0 Å². The lowest BCUT2D eigenvalue weighted by Gasteiger charge is -2.36. The number of β-amino-alcohol motifs (C(OH)–C–C–N with tert-alkyl or cyclic N) is 1. The van der Waals surface area contributed by atoms with E-state index in [1.807, 2.05) is 0 Å². The molecule has 5 heteroatoms. The van der Waals surface area contributed by atoms with Gasteiger partial charge in [0.25, 0.3) is 0 Å². The maximum absolute atomic E-state index is 12.1. The Hall–Kier alpha value is -0.650. The second-order valence-electron chi connectivity index (χ2n) is 5.72. The number of rotatable bonds is 2. The molecule has 1 amide bonds. The topological polar surface area (TPSA) is 64.0 Å². The van der Waals surface area contributed by atoms with E-state index in [2.05, 4.69) is 11.8 Å². The summed E-state index contributed by atoms with van der Waals surface area (Å²) in [6.45, 7) is 5.51. The van der Waals surface area contributed by atoms with Crippen molar-refractivity contribution < 1.29 is 15.0 Å². The highest BCUT2D eigenvalue weighted by atomic mass is 16.3. The Balaban J connectivity index is 1.78. The van der Waals surface area contributed by atoms with Crippen LogP contribution in [0.1, 0.15) is 26.2 Å². The Bertz CT molecular complexity index is 290. The molecule has 2 aliphatic heterocycles. The van der Waals surface area contributed by atoms with Gasteiger partial charge in [0.1, 0.15) is 0 Å². The molecule has 2 atom stereocenters. The number of carbonyl (C=O) groups is 1. The number of hydrogen-bond acceptors (Lipinski definition) is 4. The van der Waals surface area contributed by atoms with Crippen LogP contribution in [0.3, 0.4) is 0 Å². The molecular formula is C13H24N2O3. The summed E-state index contributed by atoms with van der Waals surface area (Å²) in [5.41, 5.74) is 0. The molecule has 2 aliphatic rings. The fourth-order valence-electron chi connectivity index (χ4n) is 2.66. The molecule has 0 unspecified atom stereocenters. The molecule has 5 nitrogen and oxygen atoms in total. The van der Waals surface area contributed by atoms with Gasteiger partial charge in [-0.05, 0) is 38.3 Å². The van der Waals surface area contributed by atoms with Gasteiger partial charge in [0.15, 0.2) is 0 Å². The molecule has 2 heterocycles. The van der Waals surface area contributed by atoms with Crippen LogP contribution < -0.4 is 0 Å². The van der Waals surface area contributed by atoms with Crippen LogP contribution in [0.15, 0.2) is 0 Å². The molecule has 104 valence electrons. The van der Waals surface area contributed by atoms with Crippen LogP contribution in [-0.4, -0.2) is 70.9 Å². The smallest absolute Gasteiger partial charge is 0.236 e. The third kappa shape index (κ3) is 3.43. The van der Waals surface area contributed by atoms with E-state index in [0.717, 1.165) is 31.8 Å². The largest absolute Gasteiger partial charge is 0.390 e. The highest BCUT2D eigenvalue weighted by Crippen LogP contribution is 2.17. The molecule has 0 radical (unpaired) electrons. The number of likely N-dealkylation sites (tertiary alicyclic amines) is 2. The zero-order chi connectivity index (χ0) is 13.1. The zero-order valence-electron chi connectivity index (χ0n) is 11.1. The van der Waals surface area contributed by atoms with E-state index in [0.29, 0.717) is 19.5 Å². The van der Waals surface area contributed by atoms with Gasteiger partial charge in [-0.3, -0.25) is 9.69 Å². The van der Waals surface area contributed by atoms with Crippen molar-refractivity contribution in [3.8, 4) is 0 Å². The van der Waals surface area contributed by atoms with Crippen LogP contribution in [0, 0.1) is 5.92 Å². The van der Waals surface area contributed by atoms with Crippen LogP contribution in [0.25, 0.3) is 0 Å². The lowest BCUT2D eigenvalue weighted by Crippen LogP contribution is -2.52. The number of aliphatic hydroxyl groups excluding tert-OH is 2. The summed E-state index contributed by atoms with van der Waals surface area (Å²) in [6, 6.07) is 0. The van der Waals surface area contributed by atoms with Gasteiger partial charge in [0.05, 0.1) is 18.8 Å². The Labute approximate surface area is 108 Å². The summed E-state index contributed by atoms with van der Waals surface area (Å²) in [6.07, 6.45) is 1.33. The van der Waals surface area contributed by atoms with E-state index in [1.165, 1.54) is 0 Å². The molecule has 2 rings (SSSR count). The minimum absolute atomic E-state index is 0.0792. The molecule has 2 fully saturated rings. The third-order valence-electron chi connectivity index (χ3n) is 4.13. The molecule has 0 aromatic carbocycles. The van der Waals surface area contributed by atoms with Crippen molar-refractivity contribution in [1.29, 1.82) is 0 Å². The fourth-order valence-corrected chi connectivity index (χ4v) is 2.66. The molecule has 2 saturated heterocycles. The minimum Gasteiger partial charge on any atom is -0.390 e. The first-order chi connectivity index (χ1) is 8.56.